The highest BCUT2D eigenvalue weighted by Gasteiger charge is 2.22. The Labute approximate surface area is 78.1 Å². The molecule has 0 aliphatic rings. The van der Waals surface area contributed by atoms with Gasteiger partial charge in [-0.2, -0.15) is 0 Å². The molecule has 0 saturated carbocycles. The molecule has 0 amide bonds. The van der Waals surface area contributed by atoms with Gasteiger partial charge in [0.25, 0.3) is 0 Å². The molecule has 0 aromatic carbocycles. The molecule has 0 aliphatic carbocycles. The highest BCUT2D eigenvalue weighted by molar-refractivity contribution is 7.10. The highest BCUT2D eigenvalue weighted by Crippen LogP contribution is 2.29. The van der Waals surface area contributed by atoms with Crippen LogP contribution < -0.4 is 0 Å². The lowest BCUT2D eigenvalue weighted by Gasteiger charge is -2.21. The number of rotatable bonds is 3. The smallest absolute Gasteiger partial charge is 0.0876 e. The molecule has 0 spiro atoms. The van der Waals surface area contributed by atoms with Gasteiger partial charge in [-0.15, -0.1) is 11.3 Å². The number of aliphatic hydroxyl groups is 1. The number of hydrogen-bond acceptors (Lipinski definition) is 2. The molecular weight excluding hydrogens is 168 g/mol. The Morgan fingerprint density at radius 1 is 1.58 bits per heavy atom. The van der Waals surface area contributed by atoms with Crippen LogP contribution in [0.15, 0.2) is 11.4 Å². The molecule has 68 valence electrons. The lowest BCUT2D eigenvalue weighted by Crippen LogP contribution is -2.19. The van der Waals surface area contributed by atoms with Gasteiger partial charge in [0.05, 0.1) is 5.60 Å². The lowest BCUT2D eigenvalue weighted by atomic mass is 9.94. The minimum atomic E-state index is -0.625. The molecular formula is C10H16OS. The zero-order valence-corrected chi connectivity index (χ0v) is 8.74. The second kappa shape index (κ2) is 3.58. The molecule has 0 aliphatic heterocycles. The second-order valence-electron chi connectivity index (χ2n) is 3.47. The molecule has 1 rings (SSSR count). The Morgan fingerprint density at radius 3 is 2.67 bits per heavy atom. The van der Waals surface area contributed by atoms with Crippen LogP contribution in [0.5, 0.6) is 0 Å². The zero-order valence-electron chi connectivity index (χ0n) is 7.92. The first-order valence-electron chi connectivity index (χ1n) is 4.34. The van der Waals surface area contributed by atoms with E-state index in [1.807, 2.05) is 12.3 Å². The van der Waals surface area contributed by atoms with Crippen LogP contribution in [0, 0.1) is 6.92 Å². The quantitative estimate of drug-likeness (QED) is 0.765. The van der Waals surface area contributed by atoms with Gasteiger partial charge in [0.15, 0.2) is 0 Å². The highest BCUT2D eigenvalue weighted by atomic mass is 32.1. The van der Waals surface area contributed by atoms with Crippen LogP contribution in [0.2, 0.25) is 0 Å². The summed E-state index contributed by atoms with van der Waals surface area (Å²) in [6.45, 7) is 6.04. The van der Waals surface area contributed by atoms with Gasteiger partial charge in [-0.3, -0.25) is 0 Å². The fraction of sp³-hybridized carbons (Fsp3) is 0.600. The number of thiophene rings is 1. The van der Waals surface area contributed by atoms with E-state index < -0.39 is 5.60 Å². The Kier molecular flexibility index (Phi) is 2.91. The Bertz CT molecular complexity index is 250. The predicted octanol–water partition coefficient (Wildman–Crippen LogP) is 3.06. The molecule has 1 N–H and O–H groups in total. The molecule has 0 fully saturated rings. The fourth-order valence-corrected chi connectivity index (χ4v) is 2.19. The first-order valence-corrected chi connectivity index (χ1v) is 5.22. The molecule has 0 saturated heterocycles. The van der Waals surface area contributed by atoms with Gasteiger partial charge in [-0.25, -0.2) is 0 Å². The normalized spacial score (nSPS) is 16.0. The molecule has 1 unspecified atom stereocenters. The molecule has 0 bridgehead atoms. The molecule has 2 heteroatoms. The van der Waals surface area contributed by atoms with Gasteiger partial charge < -0.3 is 5.11 Å². The van der Waals surface area contributed by atoms with E-state index in [2.05, 4.69) is 19.9 Å². The fourth-order valence-electron chi connectivity index (χ4n) is 1.36. The third-order valence-corrected chi connectivity index (χ3v) is 2.95. The maximum absolute atomic E-state index is 10.0. The van der Waals surface area contributed by atoms with Gasteiger partial charge in [0, 0.05) is 4.88 Å². The molecule has 0 radical (unpaired) electrons. The molecule has 1 aromatic rings. The van der Waals surface area contributed by atoms with E-state index in [1.54, 1.807) is 11.3 Å². The van der Waals surface area contributed by atoms with E-state index >= 15 is 0 Å². The van der Waals surface area contributed by atoms with E-state index in [0.29, 0.717) is 0 Å². The first kappa shape index (κ1) is 9.75. The summed E-state index contributed by atoms with van der Waals surface area (Å²) in [4.78, 5) is 1.27. The Balaban J connectivity index is 2.81. The molecule has 1 aromatic heterocycles. The van der Waals surface area contributed by atoms with E-state index in [-0.39, 0.29) is 0 Å². The third-order valence-electron chi connectivity index (χ3n) is 2.09. The van der Waals surface area contributed by atoms with Crippen LogP contribution in [-0.2, 0) is 5.60 Å². The summed E-state index contributed by atoms with van der Waals surface area (Å²) in [7, 11) is 0. The van der Waals surface area contributed by atoms with Crippen molar-refractivity contribution in [1.82, 2.24) is 0 Å². The summed E-state index contributed by atoms with van der Waals surface area (Å²) >= 11 is 1.70. The molecule has 1 heterocycles. The van der Waals surface area contributed by atoms with Crippen molar-refractivity contribution in [3.63, 3.8) is 0 Å². The lowest BCUT2D eigenvalue weighted by molar-refractivity contribution is 0.0474. The zero-order chi connectivity index (χ0) is 9.19. The predicted molar refractivity (Wildman–Crippen MR) is 53.5 cm³/mol. The largest absolute Gasteiger partial charge is 0.385 e. The Morgan fingerprint density at radius 2 is 2.25 bits per heavy atom. The standard InChI is InChI=1S/C10H16OS/c1-4-5-10(3,11)9-6-8(2)12-7-9/h6-7,11H,4-5H2,1-3H3. The van der Waals surface area contributed by atoms with Crippen LogP contribution >= 0.6 is 11.3 Å². The van der Waals surface area contributed by atoms with Crippen LogP contribution in [0.1, 0.15) is 37.1 Å². The summed E-state index contributed by atoms with van der Waals surface area (Å²) in [5.41, 5.74) is 0.436. The van der Waals surface area contributed by atoms with E-state index in [1.165, 1.54) is 4.88 Å². The van der Waals surface area contributed by atoms with Gasteiger partial charge in [0.2, 0.25) is 0 Å². The van der Waals surface area contributed by atoms with Crippen molar-refractivity contribution in [3.8, 4) is 0 Å². The first-order chi connectivity index (χ1) is 5.56. The maximum Gasteiger partial charge on any atom is 0.0876 e. The van der Waals surface area contributed by atoms with Gasteiger partial charge in [-0.1, -0.05) is 13.3 Å². The second-order valence-corrected chi connectivity index (χ2v) is 4.59. The van der Waals surface area contributed by atoms with E-state index in [4.69, 9.17) is 0 Å². The van der Waals surface area contributed by atoms with Crippen molar-refractivity contribution >= 4 is 11.3 Å². The summed E-state index contributed by atoms with van der Waals surface area (Å²) in [6.07, 6.45) is 1.85. The minimum absolute atomic E-state index is 0.625. The van der Waals surface area contributed by atoms with Crippen LogP contribution in [0.4, 0.5) is 0 Å². The SMILES string of the molecule is CCCC(C)(O)c1csc(C)c1. The van der Waals surface area contributed by atoms with Crippen molar-refractivity contribution in [2.75, 3.05) is 0 Å². The van der Waals surface area contributed by atoms with Crippen molar-refractivity contribution in [2.24, 2.45) is 0 Å². The van der Waals surface area contributed by atoms with Crippen molar-refractivity contribution < 1.29 is 5.11 Å². The maximum atomic E-state index is 10.0. The Hall–Kier alpha value is -0.340. The van der Waals surface area contributed by atoms with E-state index in [9.17, 15) is 5.11 Å². The average Bonchev–Trinajstić information content (AvgIpc) is 2.36. The third kappa shape index (κ3) is 2.08. The van der Waals surface area contributed by atoms with Gasteiger partial charge in [-0.05, 0) is 37.3 Å². The van der Waals surface area contributed by atoms with Crippen LogP contribution in [0.25, 0.3) is 0 Å². The van der Waals surface area contributed by atoms with E-state index in [0.717, 1.165) is 18.4 Å². The average molecular weight is 184 g/mol. The topological polar surface area (TPSA) is 20.2 Å². The monoisotopic (exact) mass is 184 g/mol. The number of aryl methyl sites for hydroxylation is 1. The molecule has 12 heavy (non-hydrogen) atoms. The molecule has 1 atom stereocenters. The van der Waals surface area contributed by atoms with Crippen molar-refractivity contribution in [2.45, 2.75) is 39.2 Å². The molecule has 1 nitrogen and oxygen atoms in total. The summed E-state index contributed by atoms with van der Waals surface area (Å²) in [5.74, 6) is 0. The van der Waals surface area contributed by atoms with Gasteiger partial charge >= 0.3 is 0 Å². The summed E-state index contributed by atoms with van der Waals surface area (Å²) in [6, 6.07) is 2.07. The number of hydrogen-bond donors (Lipinski definition) is 1. The van der Waals surface area contributed by atoms with Gasteiger partial charge in [0.1, 0.15) is 0 Å². The summed E-state index contributed by atoms with van der Waals surface area (Å²) < 4.78 is 0. The van der Waals surface area contributed by atoms with Crippen molar-refractivity contribution in [3.05, 3.63) is 21.9 Å². The van der Waals surface area contributed by atoms with Crippen molar-refractivity contribution in [1.29, 1.82) is 0 Å². The van der Waals surface area contributed by atoms with Crippen LogP contribution in [0.3, 0.4) is 0 Å². The minimum Gasteiger partial charge on any atom is -0.385 e. The van der Waals surface area contributed by atoms with Crippen LogP contribution in [-0.4, -0.2) is 5.11 Å². The summed E-state index contributed by atoms with van der Waals surface area (Å²) in [5, 5.41) is 12.1.